The summed E-state index contributed by atoms with van der Waals surface area (Å²) in [5, 5.41) is 6.13. The number of hydrogen-bond acceptors (Lipinski definition) is 3. The van der Waals surface area contributed by atoms with Gasteiger partial charge in [-0.05, 0) is 0 Å². The van der Waals surface area contributed by atoms with E-state index in [-0.39, 0.29) is 6.04 Å². The third kappa shape index (κ3) is 1.20. The highest BCUT2D eigenvalue weighted by Gasteiger charge is 2.31. The molecule has 0 aromatic heterocycles. The summed E-state index contributed by atoms with van der Waals surface area (Å²) >= 11 is 0. The highest BCUT2D eigenvalue weighted by atomic mass is 15.3. The molecule has 2 aliphatic heterocycles. The molecule has 1 atom stereocenters. The minimum Gasteiger partial charge on any atom is -0.339 e. The molecular weight excluding hydrogens is 168 g/mol. The molecule has 68 valence electrons. The van der Waals surface area contributed by atoms with Gasteiger partial charge in [-0.2, -0.15) is 0 Å². The van der Waals surface area contributed by atoms with Gasteiger partial charge in [0.1, 0.15) is 18.2 Å². The molecule has 0 aromatic carbocycles. The van der Waals surface area contributed by atoms with Gasteiger partial charge in [0.15, 0.2) is 11.8 Å². The number of amidine groups is 2. The molecule has 0 aromatic rings. The fourth-order valence-corrected chi connectivity index (χ4v) is 1.26. The van der Waals surface area contributed by atoms with Crippen LogP contribution in [0.15, 0.2) is 20.0 Å². The molecule has 0 bridgehead atoms. The van der Waals surface area contributed by atoms with Crippen molar-refractivity contribution in [2.75, 3.05) is 14.1 Å². The van der Waals surface area contributed by atoms with E-state index in [0.717, 1.165) is 11.7 Å². The Morgan fingerprint density at radius 3 is 2.92 bits per heavy atom. The zero-order chi connectivity index (χ0) is 9.26. The van der Waals surface area contributed by atoms with Crippen LogP contribution < -0.4 is 10.6 Å². The summed E-state index contributed by atoms with van der Waals surface area (Å²) in [6.07, 6.45) is 1.49. The van der Waals surface area contributed by atoms with Crippen molar-refractivity contribution in [3.05, 3.63) is 0 Å². The van der Waals surface area contributed by atoms with Crippen molar-refractivity contribution in [3.8, 4) is 0 Å². The molecule has 0 saturated carbocycles. The highest BCUT2D eigenvalue weighted by molar-refractivity contribution is 6.24. The Kier molecular flexibility index (Phi) is 1.80. The van der Waals surface area contributed by atoms with Gasteiger partial charge < -0.3 is 10.6 Å². The number of nitrogens with one attached hydrogen (secondary N) is 2. The number of aliphatic imine (C=N–C) groups is 4. The Morgan fingerprint density at radius 2 is 2.23 bits per heavy atom. The van der Waals surface area contributed by atoms with Gasteiger partial charge in [-0.15, -0.1) is 0 Å². The smallest absolute Gasteiger partial charge is 0.197 e. The molecule has 2 rings (SSSR count). The van der Waals surface area contributed by atoms with Crippen LogP contribution in [-0.4, -0.2) is 44.1 Å². The van der Waals surface area contributed by atoms with Gasteiger partial charge in [-0.1, -0.05) is 0 Å². The Balaban J connectivity index is 2.31. The fourth-order valence-electron chi connectivity index (χ4n) is 1.26. The predicted octanol–water partition coefficient (Wildman–Crippen LogP) is -0.998. The number of hydrogen-bond donors (Lipinski definition) is 2. The SMILES string of the molecule is CN=C1NC2=NC=NC(=NC)C2N1. The van der Waals surface area contributed by atoms with Crippen LogP contribution in [0.3, 0.4) is 0 Å². The topological polar surface area (TPSA) is 73.5 Å². The summed E-state index contributed by atoms with van der Waals surface area (Å²) in [6, 6.07) is -0.0614. The van der Waals surface area contributed by atoms with Gasteiger partial charge in [-0.3, -0.25) is 9.98 Å². The second-order valence-corrected chi connectivity index (χ2v) is 2.62. The van der Waals surface area contributed by atoms with Gasteiger partial charge in [-0.25, -0.2) is 9.98 Å². The molecule has 1 saturated heterocycles. The van der Waals surface area contributed by atoms with Gasteiger partial charge >= 0.3 is 0 Å². The van der Waals surface area contributed by atoms with E-state index in [4.69, 9.17) is 0 Å². The van der Waals surface area contributed by atoms with E-state index in [1.807, 2.05) is 0 Å². The van der Waals surface area contributed by atoms with E-state index in [1.54, 1.807) is 14.1 Å². The summed E-state index contributed by atoms with van der Waals surface area (Å²) in [6.45, 7) is 0. The van der Waals surface area contributed by atoms with Gasteiger partial charge in [0.2, 0.25) is 0 Å². The van der Waals surface area contributed by atoms with E-state index in [0.29, 0.717) is 5.96 Å². The first-order chi connectivity index (χ1) is 6.35. The van der Waals surface area contributed by atoms with E-state index in [1.165, 1.54) is 6.34 Å². The molecule has 0 spiro atoms. The van der Waals surface area contributed by atoms with Crippen LogP contribution in [0.5, 0.6) is 0 Å². The molecule has 1 unspecified atom stereocenters. The van der Waals surface area contributed by atoms with Gasteiger partial charge in [0.25, 0.3) is 0 Å². The number of guanidine groups is 1. The molecule has 2 heterocycles. The lowest BCUT2D eigenvalue weighted by molar-refractivity contribution is 0.973. The molecule has 0 radical (unpaired) electrons. The van der Waals surface area contributed by atoms with E-state index in [2.05, 4.69) is 30.6 Å². The minimum absolute atomic E-state index is 0.0614. The number of nitrogens with zero attached hydrogens (tertiary/aromatic N) is 4. The molecule has 6 heteroatoms. The highest BCUT2D eigenvalue weighted by Crippen LogP contribution is 2.03. The Labute approximate surface area is 75.6 Å². The average Bonchev–Trinajstić information content (AvgIpc) is 2.59. The standard InChI is InChI=1S/C7H10N6/c1-8-5-4-6(11-3-10-5)13-7(9-2)12-4/h3-4H,1-2H3,(H2,8,9,10,11,12,13). The maximum Gasteiger partial charge on any atom is 0.197 e. The Hall–Kier alpha value is -1.72. The van der Waals surface area contributed by atoms with Crippen LogP contribution in [0.25, 0.3) is 0 Å². The maximum absolute atomic E-state index is 4.08. The third-order valence-corrected chi connectivity index (χ3v) is 1.90. The van der Waals surface area contributed by atoms with Crippen LogP contribution in [0.4, 0.5) is 0 Å². The second-order valence-electron chi connectivity index (χ2n) is 2.62. The average molecular weight is 178 g/mol. The normalized spacial score (nSPS) is 31.2. The zero-order valence-corrected chi connectivity index (χ0v) is 7.44. The Morgan fingerprint density at radius 1 is 1.38 bits per heavy atom. The quantitative estimate of drug-likeness (QED) is 0.499. The lowest BCUT2D eigenvalue weighted by Crippen LogP contribution is -2.38. The van der Waals surface area contributed by atoms with Crippen molar-refractivity contribution in [1.29, 1.82) is 0 Å². The summed E-state index contributed by atoms with van der Waals surface area (Å²) < 4.78 is 0. The molecular formula is C7H10N6. The van der Waals surface area contributed by atoms with Gasteiger partial charge in [0, 0.05) is 14.1 Å². The third-order valence-electron chi connectivity index (χ3n) is 1.90. The van der Waals surface area contributed by atoms with Crippen molar-refractivity contribution in [3.63, 3.8) is 0 Å². The molecule has 2 N–H and O–H groups in total. The van der Waals surface area contributed by atoms with Crippen LogP contribution in [0.1, 0.15) is 0 Å². The van der Waals surface area contributed by atoms with E-state index < -0.39 is 0 Å². The first-order valence-electron chi connectivity index (χ1n) is 3.92. The first kappa shape index (κ1) is 7.90. The monoisotopic (exact) mass is 178 g/mol. The summed E-state index contributed by atoms with van der Waals surface area (Å²) in [7, 11) is 3.41. The molecule has 2 aliphatic rings. The van der Waals surface area contributed by atoms with Crippen molar-refractivity contribution in [2.24, 2.45) is 20.0 Å². The zero-order valence-electron chi connectivity index (χ0n) is 7.44. The second kappa shape index (κ2) is 2.96. The van der Waals surface area contributed by atoms with Crippen LogP contribution in [0, 0.1) is 0 Å². The van der Waals surface area contributed by atoms with E-state index >= 15 is 0 Å². The summed E-state index contributed by atoms with van der Waals surface area (Å²) in [4.78, 5) is 16.1. The first-order valence-corrected chi connectivity index (χ1v) is 3.92. The molecule has 0 amide bonds. The van der Waals surface area contributed by atoms with Gasteiger partial charge in [0.05, 0.1) is 0 Å². The van der Waals surface area contributed by atoms with Crippen molar-refractivity contribution >= 4 is 24.0 Å². The molecule has 1 fully saturated rings. The molecule has 13 heavy (non-hydrogen) atoms. The lowest BCUT2D eigenvalue weighted by atomic mass is 10.2. The largest absolute Gasteiger partial charge is 0.339 e. The summed E-state index contributed by atoms with van der Waals surface area (Å²) in [5.74, 6) is 2.22. The number of fused-ring (bicyclic) bond motifs is 1. The summed E-state index contributed by atoms with van der Waals surface area (Å²) in [5.41, 5.74) is 0. The predicted molar refractivity (Wildman–Crippen MR) is 52.7 cm³/mol. The van der Waals surface area contributed by atoms with Crippen LogP contribution in [0.2, 0.25) is 0 Å². The van der Waals surface area contributed by atoms with Crippen molar-refractivity contribution in [1.82, 2.24) is 10.6 Å². The van der Waals surface area contributed by atoms with Crippen molar-refractivity contribution < 1.29 is 0 Å². The van der Waals surface area contributed by atoms with Crippen LogP contribution >= 0.6 is 0 Å². The maximum atomic E-state index is 4.08. The molecule has 0 aliphatic carbocycles. The Bertz CT molecular complexity index is 337. The van der Waals surface area contributed by atoms with E-state index in [9.17, 15) is 0 Å². The fraction of sp³-hybridized carbons (Fsp3) is 0.429. The lowest BCUT2D eigenvalue weighted by Gasteiger charge is -2.11. The molecule has 6 nitrogen and oxygen atoms in total. The van der Waals surface area contributed by atoms with Crippen molar-refractivity contribution in [2.45, 2.75) is 6.04 Å². The minimum atomic E-state index is -0.0614. The van der Waals surface area contributed by atoms with Crippen LogP contribution in [-0.2, 0) is 0 Å². The number of rotatable bonds is 0.